The number of esters is 1. The lowest BCUT2D eigenvalue weighted by molar-refractivity contribution is -0.146. The largest absolute Gasteiger partial charge is 0.455 e. The lowest BCUT2D eigenvalue weighted by atomic mass is 10.5. The second kappa shape index (κ2) is 7.35. The summed E-state index contributed by atoms with van der Waals surface area (Å²) in [5, 5.41) is 7.50. The summed E-state index contributed by atoms with van der Waals surface area (Å²) in [6.45, 7) is 0.518. The van der Waals surface area contributed by atoms with E-state index in [2.05, 4.69) is 19.9 Å². The van der Waals surface area contributed by atoms with Crippen molar-refractivity contribution in [2.75, 3.05) is 18.5 Å². The Morgan fingerprint density at radius 2 is 2.22 bits per heavy atom. The van der Waals surface area contributed by atoms with E-state index >= 15 is 0 Å². The molecule has 0 spiro atoms. The minimum absolute atomic E-state index is 0.0874. The molecule has 0 fully saturated rings. The summed E-state index contributed by atoms with van der Waals surface area (Å²) in [6.07, 6.45) is 0. The molecule has 0 radical (unpaired) electrons. The van der Waals surface area contributed by atoms with Crippen molar-refractivity contribution in [2.24, 2.45) is 0 Å². The molecular formula is C12H13N3O6S2. The van der Waals surface area contributed by atoms with E-state index < -0.39 is 35.1 Å². The smallest absolute Gasteiger partial charge is 0.321 e. The number of anilines is 1. The van der Waals surface area contributed by atoms with E-state index in [9.17, 15) is 18.0 Å². The van der Waals surface area contributed by atoms with Crippen LogP contribution in [0.2, 0.25) is 0 Å². The summed E-state index contributed by atoms with van der Waals surface area (Å²) in [4.78, 5) is 23.0. The lowest BCUT2D eigenvalue weighted by Gasteiger charge is -2.06. The maximum atomic E-state index is 11.8. The van der Waals surface area contributed by atoms with Gasteiger partial charge in [-0.3, -0.25) is 9.59 Å². The zero-order chi connectivity index (χ0) is 16.9. The Hall–Kier alpha value is -2.24. The maximum Gasteiger partial charge on any atom is 0.321 e. The predicted molar refractivity (Wildman–Crippen MR) is 80.3 cm³/mol. The highest BCUT2D eigenvalue weighted by Gasteiger charge is 2.17. The van der Waals surface area contributed by atoms with Gasteiger partial charge in [-0.25, -0.2) is 8.42 Å². The average Bonchev–Trinajstić information content (AvgIpc) is 3.15. The SMILES string of the molecule is Cc1cc(NC(=O)COC(=O)CNS(=O)(=O)c2cccs2)no1. The molecule has 124 valence electrons. The highest BCUT2D eigenvalue weighted by molar-refractivity contribution is 7.91. The fraction of sp³-hybridized carbons (Fsp3) is 0.250. The first-order chi connectivity index (χ1) is 10.9. The number of hydrogen-bond donors (Lipinski definition) is 2. The van der Waals surface area contributed by atoms with E-state index in [4.69, 9.17) is 4.52 Å². The van der Waals surface area contributed by atoms with Gasteiger partial charge in [-0.2, -0.15) is 4.72 Å². The first-order valence-electron chi connectivity index (χ1n) is 6.29. The normalized spacial score (nSPS) is 11.2. The lowest BCUT2D eigenvalue weighted by Crippen LogP contribution is -2.32. The number of sulfonamides is 1. The monoisotopic (exact) mass is 359 g/mol. The molecule has 0 bridgehead atoms. The van der Waals surface area contributed by atoms with Crippen LogP contribution in [0.3, 0.4) is 0 Å². The molecule has 2 N–H and O–H groups in total. The van der Waals surface area contributed by atoms with Gasteiger partial charge in [0.1, 0.15) is 16.5 Å². The molecular weight excluding hydrogens is 346 g/mol. The van der Waals surface area contributed by atoms with Gasteiger partial charge in [0.25, 0.3) is 15.9 Å². The third kappa shape index (κ3) is 5.16. The Labute approximate surface area is 135 Å². The fourth-order valence-electron chi connectivity index (χ4n) is 1.44. The molecule has 0 aromatic carbocycles. The van der Waals surface area contributed by atoms with Crippen molar-refractivity contribution in [1.82, 2.24) is 9.88 Å². The fourth-order valence-corrected chi connectivity index (χ4v) is 3.45. The number of amides is 1. The summed E-state index contributed by atoms with van der Waals surface area (Å²) < 4.78 is 35.1. The third-order valence-electron chi connectivity index (χ3n) is 2.43. The van der Waals surface area contributed by atoms with Gasteiger partial charge in [-0.05, 0) is 18.4 Å². The molecule has 2 aromatic heterocycles. The molecule has 0 aliphatic heterocycles. The molecule has 0 aliphatic rings. The van der Waals surface area contributed by atoms with Gasteiger partial charge < -0.3 is 14.6 Å². The van der Waals surface area contributed by atoms with Gasteiger partial charge in [-0.1, -0.05) is 11.2 Å². The van der Waals surface area contributed by atoms with Crippen LogP contribution in [0.4, 0.5) is 5.82 Å². The van der Waals surface area contributed by atoms with Crippen LogP contribution in [0, 0.1) is 6.92 Å². The minimum Gasteiger partial charge on any atom is -0.455 e. The van der Waals surface area contributed by atoms with Crippen LogP contribution in [0.1, 0.15) is 5.76 Å². The van der Waals surface area contributed by atoms with Gasteiger partial charge in [0, 0.05) is 6.07 Å². The summed E-state index contributed by atoms with van der Waals surface area (Å²) >= 11 is 1.02. The second-order valence-electron chi connectivity index (χ2n) is 4.29. The van der Waals surface area contributed by atoms with E-state index in [1.165, 1.54) is 12.1 Å². The maximum absolute atomic E-state index is 11.8. The van der Waals surface area contributed by atoms with Crippen molar-refractivity contribution >= 4 is 39.1 Å². The number of ether oxygens (including phenoxy) is 1. The van der Waals surface area contributed by atoms with Crippen LogP contribution < -0.4 is 10.0 Å². The molecule has 0 saturated heterocycles. The van der Waals surface area contributed by atoms with Crippen molar-refractivity contribution in [3.63, 3.8) is 0 Å². The van der Waals surface area contributed by atoms with Crippen molar-refractivity contribution < 1.29 is 27.3 Å². The highest BCUT2D eigenvalue weighted by Crippen LogP contribution is 2.14. The number of carbonyl (C=O) groups excluding carboxylic acids is 2. The van der Waals surface area contributed by atoms with Crippen molar-refractivity contribution in [3.05, 3.63) is 29.3 Å². The molecule has 0 aliphatic carbocycles. The van der Waals surface area contributed by atoms with Gasteiger partial charge in [-0.15, -0.1) is 11.3 Å². The van der Waals surface area contributed by atoms with Gasteiger partial charge in [0.2, 0.25) is 0 Å². The van der Waals surface area contributed by atoms with Crippen molar-refractivity contribution in [3.8, 4) is 0 Å². The zero-order valence-electron chi connectivity index (χ0n) is 11.9. The van der Waals surface area contributed by atoms with Gasteiger partial charge in [0.15, 0.2) is 12.4 Å². The van der Waals surface area contributed by atoms with E-state index in [-0.39, 0.29) is 10.0 Å². The second-order valence-corrected chi connectivity index (χ2v) is 7.23. The number of carbonyl (C=O) groups is 2. The van der Waals surface area contributed by atoms with Gasteiger partial charge >= 0.3 is 5.97 Å². The molecule has 2 rings (SSSR count). The topological polar surface area (TPSA) is 128 Å². The Morgan fingerprint density at radius 3 is 2.83 bits per heavy atom. The zero-order valence-corrected chi connectivity index (χ0v) is 13.6. The Bertz CT molecular complexity index is 782. The van der Waals surface area contributed by atoms with Crippen LogP contribution >= 0.6 is 11.3 Å². The molecule has 0 unspecified atom stereocenters. The Balaban J connectivity index is 1.74. The van der Waals surface area contributed by atoms with Crippen LogP contribution in [-0.2, 0) is 24.3 Å². The predicted octanol–water partition coefficient (Wildman–Crippen LogP) is 0.505. The summed E-state index contributed by atoms with van der Waals surface area (Å²) in [6, 6.07) is 4.48. The summed E-state index contributed by atoms with van der Waals surface area (Å²) in [7, 11) is -3.75. The average molecular weight is 359 g/mol. The Kier molecular flexibility index (Phi) is 5.47. The highest BCUT2D eigenvalue weighted by atomic mass is 32.2. The molecule has 23 heavy (non-hydrogen) atoms. The number of thiophene rings is 1. The first kappa shape index (κ1) is 17.1. The first-order valence-corrected chi connectivity index (χ1v) is 8.65. The molecule has 2 heterocycles. The van der Waals surface area contributed by atoms with Crippen LogP contribution in [0.5, 0.6) is 0 Å². The van der Waals surface area contributed by atoms with E-state index in [1.54, 1.807) is 18.4 Å². The molecule has 1 amide bonds. The number of nitrogens with one attached hydrogen (secondary N) is 2. The van der Waals surface area contributed by atoms with Crippen molar-refractivity contribution in [2.45, 2.75) is 11.1 Å². The minimum atomic E-state index is -3.75. The van der Waals surface area contributed by atoms with Crippen LogP contribution in [0.25, 0.3) is 0 Å². The Morgan fingerprint density at radius 1 is 1.43 bits per heavy atom. The van der Waals surface area contributed by atoms with E-state index in [1.807, 2.05) is 0 Å². The number of nitrogens with zero attached hydrogens (tertiary/aromatic N) is 1. The summed E-state index contributed by atoms with van der Waals surface area (Å²) in [5.74, 6) is -0.786. The van der Waals surface area contributed by atoms with Crippen molar-refractivity contribution in [1.29, 1.82) is 0 Å². The quantitative estimate of drug-likeness (QED) is 0.689. The standard InChI is InChI=1S/C12H13N3O6S2/c1-8-5-9(15-21-8)14-10(16)7-20-11(17)6-13-23(18,19)12-3-2-4-22-12/h2-5,13H,6-7H2,1H3,(H,14,15,16). The van der Waals surface area contributed by atoms with Crippen LogP contribution in [0.15, 0.2) is 32.3 Å². The third-order valence-corrected chi connectivity index (χ3v) is 5.22. The number of hydrogen-bond acceptors (Lipinski definition) is 8. The summed E-state index contributed by atoms with van der Waals surface area (Å²) in [5.41, 5.74) is 0. The van der Waals surface area contributed by atoms with Crippen LogP contribution in [-0.4, -0.2) is 38.6 Å². The molecule has 11 heteroatoms. The van der Waals surface area contributed by atoms with Gasteiger partial charge in [0.05, 0.1) is 0 Å². The number of rotatable bonds is 7. The van der Waals surface area contributed by atoms with E-state index in [0.717, 1.165) is 11.3 Å². The van der Waals surface area contributed by atoms with E-state index in [0.29, 0.717) is 5.76 Å². The number of aryl methyl sites for hydroxylation is 1. The molecule has 0 saturated carbocycles. The molecule has 2 aromatic rings. The number of aromatic nitrogens is 1. The molecule has 9 nitrogen and oxygen atoms in total. The molecule has 0 atom stereocenters.